The number of hydrogen-bond acceptors (Lipinski definition) is 8. The number of nitrogens with zero attached hydrogens (tertiary/aromatic N) is 4. The fourth-order valence-corrected chi connectivity index (χ4v) is 4.41. The highest BCUT2D eigenvalue weighted by molar-refractivity contribution is 5.94. The summed E-state index contributed by atoms with van der Waals surface area (Å²) in [4.78, 5) is 73.3. The predicted octanol–water partition coefficient (Wildman–Crippen LogP) is -1.74. The summed E-state index contributed by atoms with van der Waals surface area (Å²) in [6, 6.07) is -4.12. The van der Waals surface area contributed by atoms with E-state index < -0.39 is 47.9 Å². The maximum absolute atomic E-state index is 13.5. The Kier molecular flexibility index (Phi) is 8.47. The zero-order chi connectivity index (χ0) is 27.1. The molecule has 202 valence electrons. The standard InChI is InChI=1S/C23H30N10O5/c24-16(4-13-7-25-10-28-13)20(34)31-17(5-14-8-26-11-29-14)21(35)32-18(6-15-9-27-12-30-15)22(36)33-3-1-2-19(33)23(37)38/h7-12,16-19H,1-6,24H2,(H,25,28)(H,26,29)(H,27,30)(H,31,34)(H,32,35)(H,37,38). The number of amides is 3. The van der Waals surface area contributed by atoms with E-state index in [0.717, 1.165) is 0 Å². The van der Waals surface area contributed by atoms with Crippen LogP contribution in [0.5, 0.6) is 0 Å². The number of nitrogens with one attached hydrogen (secondary N) is 5. The maximum atomic E-state index is 13.5. The quantitative estimate of drug-likeness (QED) is 0.142. The molecular weight excluding hydrogens is 496 g/mol. The molecule has 38 heavy (non-hydrogen) atoms. The molecule has 1 saturated heterocycles. The number of carboxylic acid groups (broad SMARTS) is 1. The molecule has 1 aliphatic heterocycles. The fourth-order valence-electron chi connectivity index (χ4n) is 4.41. The van der Waals surface area contributed by atoms with Crippen molar-refractivity contribution in [3.05, 3.63) is 54.7 Å². The van der Waals surface area contributed by atoms with Gasteiger partial charge in [0, 0.05) is 61.5 Å². The second-order valence-electron chi connectivity index (χ2n) is 9.10. The summed E-state index contributed by atoms with van der Waals surface area (Å²) in [5.74, 6) is -2.83. The van der Waals surface area contributed by atoms with Crippen LogP contribution in [0.25, 0.3) is 0 Å². The molecule has 0 aliphatic carbocycles. The third-order valence-electron chi connectivity index (χ3n) is 6.36. The third-order valence-corrected chi connectivity index (χ3v) is 6.36. The smallest absolute Gasteiger partial charge is 0.326 e. The van der Waals surface area contributed by atoms with Crippen LogP contribution in [0.4, 0.5) is 0 Å². The zero-order valence-electron chi connectivity index (χ0n) is 20.5. The van der Waals surface area contributed by atoms with Crippen LogP contribution in [0.15, 0.2) is 37.6 Å². The lowest BCUT2D eigenvalue weighted by Crippen LogP contribution is -2.58. The van der Waals surface area contributed by atoms with Crippen molar-refractivity contribution in [2.75, 3.05) is 6.54 Å². The minimum atomic E-state index is -1.10. The highest BCUT2D eigenvalue weighted by Crippen LogP contribution is 2.19. The molecule has 4 unspecified atom stereocenters. The minimum absolute atomic E-state index is 0.0530. The van der Waals surface area contributed by atoms with Gasteiger partial charge in [-0.25, -0.2) is 19.7 Å². The lowest BCUT2D eigenvalue weighted by Gasteiger charge is -2.28. The Labute approximate surface area is 217 Å². The van der Waals surface area contributed by atoms with Gasteiger partial charge in [-0.05, 0) is 12.8 Å². The van der Waals surface area contributed by atoms with Crippen LogP contribution in [0.2, 0.25) is 0 Å². The fraction of sp³-hybridized carbons (Fsp3) is 0.435. The van der Waals surface area contributed by atoms with Crippen molar-refractivity contribution in [1.82, 2.24) is 45.4 Å². The molecule has 4 atom stereocenters. The summed E-state index contributed by atoms with van der Waals surface area (Å²) in [6.45, 7) is 0.266. The highest BCUT2D eigenvalue weighted by Gasteiger charge is 2.38. The molecule has 4 rings (SSSR count). The number of carbonyl (C=O) groups is 4. The van der Waals surface area contributed by atoms with Gasteiger partial charge in [-0.3, -0.25) is 14.4 Å². The van der Waals surface area contributed by atoms with Crippen LogP contribution in [-0.4, -0.2) is 94.3 Å². The van der Waals surface area contributed by atoms with Crippen molar-refractivity contribution < 1.29 is 24.3 Å². The zero-order valence-corrected chi connectivity index (χ0v) is 20.5. The predicted molar refractivity (Wildman–Crippen MR) is 131 cm³/mol. The molecule has 15 nitrogen and oxygen atoms in total. The lowest BCUT2D eigenvalue weighted by molar-refractivity contribution is -0.149. The van der Waals surface area contributed by atoms with Gasteiger partial charge in [-0.15, -0.1) is 0 Å². The largest absolute Gasteiger partial charge is 0.480 e. The second kappa shape index (κ2) is 12.1. The first-order valence-corrected chi connectivity index (χ1v) is 12.1. The van der Waals surface area contributed by atoms with Crippen LogP contribution in [-0.2, 0) is 38.4 Å². The lowest BCUT2D eigenvalue weighted by atomic mass is 10.1. The summed E-state index contributed by atoms with van der Waals surface area (Å²) in [5.41, 5.74) is 7.87. The Morgan fingerprint density at radius 2 is 1.42 bits per heavy atom. The van der Waals surface area contributed by atoms with E-state index in [2.05, 4.69) is 40.5 Å². The molecule has 4 heterocycles. The Morgan fingerprint density at radius 3 is 1.95 bits per heavy atom. The maximum Gasteiger partial charge on any atom is 0.326 e. The number of imidazole rings is 3. The minimum Gasteiger partial charge on any atom is -0.480 e. The van der Waals surface area contributed by atoms with Crippen LogP contribution < -0.4 is 16.4 Å². The van der Waals surface area contributed by atoms with Crippen LogP contribution in [0, 0.1) is 0 Å². The SMILES string of the molecule is NC(Cc1cnc[nH]1)C(=O)NC(Cc1cnc[nH]1)C(=O)NC(Cc1cnc[nH]1)C(=O)N1CCCC1C(=O)O. The van der Waals surface area contributed by atoms with Crippen molar-refractivity contribution in [1.29, 1.82) is 0 Å². The number of rotatable bonds is 12. The molecular formula is C23H30N10O5. The van der Waals surface area contributed by atoms with Crippen LogP contribution in [0.3, 0.4) is 0 Å². The van der Waals surface area contributed by atoms with E-state index in [4.69, 9.17) is 5.73 Å². The number of aromatic amines is 3. The van der Waals surface area contributed by atoms with Gasteiger partial charge in [0.25, 0.3) is 0 Å². The van der Waals surface area contributed by atoms with Crippen molar-refractivity contribution in [3.63, 3.8) is 0 Å². The van der Waals surface area contributed by atoms with Crippen molar-refractivity contribution in [2.45, 2.75) is 56.3 Å². The van der Waals surface area contributed by atoms with E-state index >= 15 is 0 Å². The summed E-state index contributed by atoms with van der Waals surface area (Å²) in [5, 5.41) is 14.9. The van der Waals surface area contributed by atoms with E-state index in [1.165, 1.54) is 36.3 Å². The number of H-pyrrole nitrogens is 3. The second-order valence-corrected chi connectivity index (χ2v) is 9.10. The molecule has 0 radical (unpaired) electrons. The van der Waals surface area contributed by atoms with E-state index in [-0.39, 0.29) is 25.8 Å². The normalized spacial score (nSPS) is 17.5. The molecule has 8 N–H and O–H groups in total. The van der Waals surface area contributed by atoms with Gasteiger partial charge in [0.1, 0.15) is 18.1 Å². The van der Waals surface area contributed by atoms with E-state index in [1.54, 1.807) is 6.20 Å². The monoisotopic (exact) mass is 526 g/mol. The van der Waals surface area contributed by atoms with Gasteiger partial charge in [0.05, 0.1) is 25.0 Å². The number of carboxylic acids is 1. The topological polar surface area (TPSA) is 228 Å². The van der Waals surface area contributed by atoms with E-state index in [9.17, 15) is 24.3 Å². The molecule has 0 saturated carbocycles. The summed E-state index contributed by atoms with van der Waals surface area (Å²) in [6.07, 6.45) is 10.1. The van der Waals surface area contributed by atoms with Crippen molar-refractivity contribution in [2.24, 2.45) is 5.73 Å². The molecule has 3 aromatic rings. The van der Waals surface area contributed by atoms with Gasteiger partial charge < -0.3 is 41.3 Å². The highest BCUT2D eigenvalue weighted by atomic mass is 16.4. The van der Waals surface area contributed by atoms with E-state index in [1.807, 2.05) is 0 Å². The average molecular weight is 527 g/mol. The number of aromatic nitrogens is 6. The Morgan fingerprint density at radius 1 is 0.895 bits per heavy atom. The third kappa shape index (κ3) is 6.61. The molecule has 0 aromatic carbocycles. The molecule has 1 fully saturated rings. The number of likely N-dealkylation sites (tertiary alicyclic amines) is 1. The Balaban J connectivity index is 1.51. The van der Waals surface area contributed by atoms with Crippen molar-refractivity contribution >= 4 is 23.7 Å². The Bertz CT molecular complexity index is 1210. The molecule has 3 amide bonds. The van der Waals surface area contributed by atoms with Gasteiger partial charge in [0.15, 0.2) is 0 Å². The molecule has 3 aromatic heterocycles. The van der Waals surface area contributed by atoms with E-state index in [0.29, 0.717) is 29.9 Å². The summed E-state index contributed by atoms with van der Waals surface area (Å²) >= 11 is 0. The van der Waals surface area contributed by atoms with Gasteiger partial charge in [-0.1, -0.05) is 0 Å². The van der Waals surface area contributed by atoms with Crippen LogP contribution >= 0.6 is 0 Å². The molecule has 0 bridgehead atoms. The number of aliphatic carboxylic acids is 1. The van der Waals surface area contributed by atoms with Gasteiger partial charge in [-0.2, -0.15) is 0 Å². The van der Waals surface area contributed by atoms with Gasteiger partial charge in [0.2, 0.25) is 17.7 Å². The van der Waals surface area contributed by atoms with Crippen molar-refractivity contribution in [3.8, 4) is 0 Å². The first kappa shape index (κ1) is 26.5. The Hall–Kier alpha value is -4.53. The summed E-state index contributed by atoms with van der Waals surface area (Å²) < 4.78 is 0. The molecule has 15 heteroatoms. The summed E-state index contributed by atoms with van der Waals surface area (Å²) in [7, 11) is 0. The average Bonchev–Trinajstić information content (AvgIpc) is 3.70. The number of hydrogen-bond donors (Lipinski definition) is 7. The first-order valence-electron chi connectivity index (χ1n) is 12.1. The first-order chi connectivity index (χ1) is 18.3. The van der Waals surface area contributed by atoms with Gasteiger partial charge >= 0.3 is 5.97 Å². The molecule has 1 aliphatic rings. The number of carbonyl (C=O) groups excluding carboxylic acids is 3. The number of nitrogens with two attached hydrogens (primary N) is 1. The molecule has 0 spiro atoms. The van der Waals surface area contributed by atoms with Crippen LogP contribution in [0.1, 0.15) is 29.9 Å².